The van der Waals surface area contributed by atoms with Gasteiger partial charge in [-0.2, -0.15) is 0 Å². The molecule has 1 aliphatic rings. The van der Waals surface area contributed by atoms with Crippen LogP contribution in [0.15, 0.2) is 0 Å². The summed E-state index contributed by atoms with van der Waals surface area (Å²) in [7, 11) is 1.43. The quantitative estimate of drug-likeness (QED) is 0.565. The first-order valence-corrected chi connectivity index (χ1v) is 3.89. The summed E-state index contributed by atoms with van der Waals surface area (Å²) in [5, 5.41) is 3.12. The zero-order chi connectivity index (χ0) is 8.48. The molecule has 1 aliphatic heterocycles. The molecule has 0 aromatic carbocycles. The van der Waals surface area contributed by atoms with Gasteiger partial charge in [0.15, 0.2) is 0 Å². The van der Waals surface area contributed by atoms with Crippen LogP contribution in [0.4, 0.5) is 0 Å². The van der Waals surface area contributed by atoms with E-state index in [1.807, 2.05) is 0 Å². The number of ether oxygens (including phenoxy) is 1. The van der Waals surface area contributed by atoms with Gasteiger partial charge in [0, 0.05) is 0 Å². The molecule has 1 heterocycles. The van der Waals surface area contributed by atoms with Crippen molar-refractivity contribution >= 4 is 5.97 Å². The van der Waals surface area contributed by atoms with Gasteiger partial charge in [-0.1, -0.05) is 13.8 Å². The molecule has 1 saturated heterocycles. The zero-order valence-electron chi connectivity index (χ0n) is 7.31. The predicted octanol–water partition coefficient (Wildman–Crippen LogP) is 0.547. The molecule has 0 saturated carbocycles. The lowest BCUT2D eigenvalue weighted by molar-refractivity contribution is -0.145. The molecule has 1 fully saturated rings. The average molecular weight is 157 g/mol. The maximum Gasteiger partial charge on any atom is 0.323 e. The number of esters is 1. The highest BCUT2D eigenvalue weighted by atomic mass is 16.5. The van der Waals surface area contributed by atoms with Gasteiger partial charge in [0.05, 0.1) is 7.11 Å². The van der Waals surface area contributed by atoms with E-state index < -0.39 is 0 Å². The number of hydrogen-bond donors (Lipinski definition) is 1. The summed E-state index contributed by atoms with van der Waals surface area (Å²) in [5.74, 6) is -0.146. The summed E-state index contributed by atoms with van der Waals surface area (Å²) in [4.78, 5) is 11.1. The second-order valence-electron chi connectivity index (χ2n) is 3.65. The van der Waals surface area contributed by atoms with Crippen LogP contribution in [0.3, 0.4) is 0 Å². The Kier molecular flexibility index (Phi) is 2.18. The van der Waals surface area contributed by atoms with E-state index in [2.05, 4.69) is 23.9 Å². The van der Waals surface area contributed by atoms with E-state index in [9.17, 15) is 4.79 Å². The van der Waals surface area contributed by atoms with Crippen molar-refractivity contribution in [1.29, 1.82) is 0 Å². The molecule has 3 nitrogen and oxygen atoms in total. The molecule has 3 heteroatoms. The molecular weight excluding hydrogens is 142 g/mol. The molecule has 0 aromatic rings. The van der Waals surface area contributed by atoms with Crippen molar-refractivity contribution in [3.05, 3.63) is 0 Å². The molecule has 1 unspecified atom stereocenters. The molecule has 11 heavy (non-hydrogen) atoms. The van der Waals surface area contributed by atoms with Crippen LogP contribution in [0.5, 0.6) is 0 Å². The molecule has 0 aromatic heterocycles. The summed E-state index contributed by atoms with van der Waals surface area (Å²) in [6.45, 7) is 5.07. The van der Waals surface area contributed by atoms with Crippen LogP contribution in [0.2, 0.25) is 0 Å². The Labute approximate surface area is 67.1 Å². The van der Waals surface area contributed by atoms with Crippen LogP contribution in [-0.2, 0) is 9.53 Å². The Balaban J connectivity index is 2.64. The van der Waals surface area contributed by atoms with E-state index >= 15 is 0 Å². The molecule has 1 N–H and O–H groups in total. The highest BCUT2D eigenvalue weighted by molar-refractivity contribution is 5.77. The number of rotatable bonds is 1. The van der Waals surface area contributed by atoms with E-state index in [0.717, 1.165) is 13.0 Å². The molecule has 0 amide bonds. The minimum atomic E-state index is -0.146. The van der Waals surface area contributed by atoms with Crippen LogP contribution in [-0.4, -0.2) is 25.7 Å². The van der Waals surface area contributed by atoms with Crippen molar-refractivity contribution in [1.82, 2.24) is 5.32 Å². The first-order chi connectivity index (χ1) is 5.08. The lowest BCUT2D eigenvalue weighted by atomic mass is 9.85. The van der Waals surface area contributed by atoms with Crippen molar-refractivity contribution in [3.63, 3.8) is 0 Å². The van der Waals surface area contributed by atoms with Crippen LogP contribution in [0, 0.1) is 5.41 Å². The highest BCUT2D eigenvalue weighted by Crippen LogP contribution is 2.30. The molecule has 1 rings (SSSR count). The third-order valence-corrected chi connectivity index (χ3v) is 2.34. The van der Waals surface area contributed by atoms with Gasteiger partial charge in [0.25, 0.3) is 0 Å². The molecule has 0 bridgehead atoms. The van der Waals surface area contributed by atoms with E-state index in [1.165, 1.54) is 7.11 Å². The normalized spacial score (nSPS) is 28.5. The SMILES string of the molecule is COC(=O)C1NCCC1(C)C. The number of carbonyl (C=O) groups excluding carboxylic acids is 1. The largest absolute Gasteiger partial charge is 0.468 e. The fraction of sp³-hybridized carbons (Fsp3) is 0.875. The second-order valence-corrected chi connectivity index (χ2v) is 3.65. The summed E-state index contributed by atoms with van der Waals surface area (Å²) in [5.41, 5.74) is 0.0487. The fourth-order valence-electron chi connectivity index (χ4n) is 1.48. The summed E-state index contributed by atoms with van der Waals surface area (Å²) >= 11 is 0. The Morgan fingerprint density at radius 3 is 2.64 bits per heavy atom. The molecule has 0 aliphatic carbocycles. The number of hydrogen-bond acceptors (Lipinski definition) is 3. The van der Waals surface area contributed by atoms with Gasteiger partial charge in [0.1, 0.15) is 6.04 Å². The molecule has 64 valence electrons. The zero-order valence-corrected chi connectivity index (χ0v) is 7.31. The van der Waals surface area contributed by atoms with Gasteiger partial charge >= 0.3 is 5.97 Å². The summed E-state index contributed by atoms with van der Waals surface area (Å²) < 4.78 is 4.67. The third-order valence-electron chi connectivity index (χ3n) is 2.34. The third kappa shape index (κ3) is 1.53. The van der Waals surface area contributed by atoms with E-state index in [1.54, 1.807) is 0 Å². The van der Waals surface area contributed by atoms with Gasteiger partial charge in [-0.15, -0.1) is 0 Å². The fourth-order valence-corrected chi connectivity index (χ4v) is 1.48. The number of carbonyl (C=O) groups is 1. The van der Waals surface area contributed by atoms with Crippen molar-refractivity contribution < 1.29 is 9.53 Å². The average Bonchev–Trinajstić information content (AvgIpc) is 2.28. The standard InChI is InChI=1S/C8H15NO2/c1-8(2)4-5-9-6(8)7(10)11-3/h6,9H,4-5H2,1-3H3. The smallest absolute Gasteiger partial charge is 0.323 e. The summed E-state index contributed by atoms with van der Waals surface area (Å²) in [6, 6.07) is -0.118. The molecule has 1 atom stereocenters. The van der Waals surface area contributed by atoms with Crippen LogP contribution >= 0.6 is 0 Å². The van der Waals surface area contributed by atoms with Crippen molar-refractivity contribution in [2.45, 2.75) is 26.3 Å². The first-order valence-electron chi connectivity index (χ1n) is 3.89. The monoisotopic (exact) mass is 157 g/mol. The van der Waals surface area contributed by atoms with Gasteiger partial charge in [-0.25, -0.2) is 0 Å². The summed E-state index contributed by atoms with van der Waals surface area (Å²) in [6.07, 6.45) is 1.03. The Morgan fingerprint density at radius 2 is 2.27 bits per heavy atom. The van der Waals surface area contributed by atoms with Crippen molar-refractivity contribution in [2.75, 3.05) is 13.7 Å². The lowest BCUT2D eigenvalue weighted by Crippen LogP contribution is -2.40. The van der Waals surface area contributed by atoms with Crippen LogP contribution in [0.25, 0.3) is 0 Å². The Morgan fingerprint density at radius 1 is 1.64 bits per heavy atom. The van der Waals surface area contributed by atoms with Gasteiger partial charge in [0.2, 0.25) is 0 Å². The molecule has 0 radical (unpaired) electrons. The van der Waals surface area contributed by atoms with Crippen LogP contribution in [0.1, 0.15) is 20.3 Å². The lowest BCUT2D eigenvalue weighted by Gasteiger charge is -2.23. The van der Waals surface area contributed by atoms with Crippen molar-refractivity contribution in [2.24, 2.45) is 5.41 Å². The van der Waals surface area contributed by atoms with Gasteiger partial charge in [-0.3, -0.25) is 4.79 Å². The highest BCUT2D eigenvalue weighted by Gasteiger charge is 2.39. The minimum Gasteiger partial charge on any atom is -0.468 e. The predicted molar refractivity (Wildman–Crippen MR) is 42.2 cm³/mol. The number of methoxy groups -OCH3 is 1. The van der Waals surface area contributed by atoms with E-state index in [-0.39, 0.29) is 17.4 Å². The molecule has 0 spiro atoms. The van der Waals surface area contributed by atoms with E-state index in [0.29, 0.717) is 0 Å². The van der Waals surface area contributed by atoms with E-state index in [4.69, 9.17) is 0 Å². The van der Waals surface area contributed by atoms with Crippen LogP contribution < -0.4 is 5.32 Å². The Hall–Kier alpha value is -0.570. The first kappa shape index (κ1) is 8.53. The van der Waals surface area contributed by atoms with Gasteiger partial charge in [-0.05, 0) is 18.4 Å². The maximum atomic E-state index is 11.1. The Bertz CT molecular complexity index is 165. The second kappa shape index (κ2) is 2.81. The maximum absolute atomic E-state index is 11.1. The molecular formula is C8H15NO2. The topological polar surface area (TPSA) is 38.3 Å². The minimum absolute atomic E-state index is 0.0487. The van der Waals surface area contributed by atoms with Crippen molar-refractivity contribution in [3.8, 4) is 0 Å². The van der Waals surface area contributed by atoms with Gasteiger partial charge < -0.3 is 10.1 Å². The number of nitrogens with one attached hydrogen (secondary N) is 1.